The molecule has 1 aromatic heterocycles. The third-order valence-corrected chi connectivity index (χ3v) is 3.06. The normalized spacial score (nSPS) is 10.6. The van der Waals surface area contributed by atoms with Crippen LogP contribution in [0.4, 0.5) is 0 Å². The summed E-state index contributed by atoms with van der Waals surface area (Å²) >= 11 is 6.20. The number of rotatable bonds is 7. The predicted octanol–water partition coefficient (Wildman–Crippen LogP) is 3.63. The van der Waals surface area contributed by atoms with Crippen molar-refractivity contribution in [2.75, 3.05) is 13.7 Å². The Balaban J connectivity index is 2.03. The van der Waals surface area contributed by atoms with Crippen LogP contribution >= 0.6 is 11.6 Å². The van der Waals surface area contributed by atoms with Gasteiger partial charge in [0.1, 0.15) is 5.76 Å². The van der Waals surface area contributed by atoms with E-state index < -0.39 is 0 Å². The number of halogens is 1. The van der Waals surface area contributed by atoms with Gasteiger partial charge in [-0.25, -0.2) is 0 Å². The summed E-state index contributed by atoms with van der Waals surface area (Å²) in [5.41, 5.74) is 1.03. The van der Waals surface area contributed by atoms with Gasteiger partial charge in [0.15, 0.2) is 11.5 Å². The van der Waals surface area contributed by atoms with Crippen LogP contribution in [0.5, 0.6) is 11.5 Å². The lowest BCUT2D eigenvalue weighted by atomic mass is 10.2. The Morgan fingerprint density at radius 2 is 2.15 bits per heavy atom. The zero-order valence-corrected chi connectivity index (χ0v) is 12.4. The largest absolute Gasteiger partial charge is 0.491 e. The van der Waals surface area contributed by atoms with Gasteiger partial charge in [0.2, 0.25) is 0 Å². The van der Waals surface area contributed by atoms with Crippen molar-refractivity contribution >= 4 is 11.6 Å². The molecule has 0 aliphatic heterocycles. The second kappa shape index (κ2) is 7.22. The molecule has 2 rings (SSSR count). The molecule has 108 valence electrons. The average Bonchev–Trinajstić information content (AvgIpc) is 2.92. The molecule has 0 spiro atoms. The minimum Gasteiger partial charge on any atom is -0.491 e. The van der Waals surface area contributed by atoms with Gasteiger partial charge in [0, 0.05) is 6.54 Å². The van der Waals surface area contributed by atoms with E-state index in [2.05, 4.69) is 5.32 Å². The summed E-state index contributed by atoms with van der Waals surface area (Å²) in [6.45, 7) is 3.83. The molecular weight excluding hydrogens is 278 g/mol. The van der Waals surface area contributed by atoms with E-state index in [4.69, 9.17) is 25.5 Å². The SMILES string of the molecule is CCOc1cc(CNCc2ccco2)cc(Cl)c1OC. The molecule has 0 bridgehead atoms. The molecule has 1 N–H and O–H groups in total. The van der Waals surface area contributed by atoms with Crippen LogP contribution in [0.3, 0.4) is 0 Å². The highest BCUT2D eigenvalue weighted by atomic mass is 35.5. The number of benzene rings is 1. The van der Waals surface area contributed by atoms with Gasteiger partial charge in [-0.1, -0.05) is 11.6 Å². The highest BCUT2D eigenvalue weighted by Crippen LogP contribution is 2.36. The van der Waals surface area contributed by atoms with Crippen LogP contribution in [0.1, 0.15) is 18.2 Å². The maximum Gasteiger partial charge on any atom is 0.179 e. The first kappa shape index (κ1) is 14.8. The smallest absolute Gasteiger partial charge is 0.179 e. The maximum atomic E-state index is 6.20. The second-order valence-electron chi connectivity index (χ2n) is 4.22. The number of nitrogens with one attached hydrogen (secondary N) is 1. The van der Waals surface area contributed by atoms with Gasteiger partial charge in [0.25, 0.3) is 0 Å². The van der Waals surface area contributed by atoms with E-state index in [-0.39, 0.29) is 0 Å². The standard InChI is InChI=1S/C15H18ClNO3/c1-3-19-14-8-11(7-13(16)15(14)18-2)9-17-10-12-5-4-6-20-12/h4-8,17H,3,9-10H2,1-2H3. The Labute approximate surface area is 123 Å². The Kier molecular flexibility index (Phi) is 5.32. The monoisotopic (exact) mass is 295 g/mol. The Morgan fingerprint density at radius 1 is 1.30 bits per heavy atom. The fourth-order valence-corrected chi connectivity index (χ4v) is 2.24. The van der Waals surface area contributed by atoms with E-state index >= 15 is 0 Å². The summed E-state index contributed by atoms with van der Waals surface area (Å²) in [6, 6.07) is 7.61. The average molecular weight is 296 g/mol. The van der Waals surface area contributed by atoms with Gasteiger partial charge in [-0.15, -0.1) is 0 Å². The van der Waals surface area contributed by atoms with Crippen LogP contribution in [-0.2, 0) is 13.1 Å². The molecule has 0 fully saturated rings. The van der Waals surface area contributed by atoms with Gasteiger partial charge in [0.05, 0.1) is 31.5 Å². The molecule has 1 heterocycles. The van der Waals surface area contributed by atoms with Crippen molar-refractivity contribution in [1.29, 1.82) is 0 Å². The fraction of sp³-hybridized carbons (Fsp3) is 0.333. The lowest BCUT2D eigenvalue weighted by molar-refractivity contribution is 0.310. The molecule has 5 heteroatoms. The van der Waals surface area contributed by atoms with Crippen molar-refractivity contribution in [3.05, 3.63) is 46.9 Å². The molecule has 0 saturated carbocycles. The first-order chi connectivity index (χ1) is 9.74. The molecule has 2 aromatic rings. The van der Waals surface area contributed by atoms with Crippen molar-refractivity contribution in [3.8, 4) is 11.5 Å². The number of hydrogen-bond acceptors (Lipinski definition) is 4. The summed E-state index contributed by atoms with van der Waals surface area (Å²) in [5.74, 6) is 2.13. The third kappa shape index (κ3) is 3.68. The zero-order valence-electron chi connectivity index (χ0n) is 11.6. The second-order valence-corrected chi connectivity index (χ2v) is 4.63. The summed E-state index contributed by atoms with van der Waals surface area (Å²) in [4.78, 5) is 0. The van der Waals surface area contributed by atoms with Gasteiger partial charge >= 0.3 is 0 Å². The summed E-state index contributed by atoms with van der Waals surface area (Å²) in [7, 11) is 1.58. The quantitative estimate of drug-likeness (QED) is 0.847. The zero-order chi connectivity index (χ0) is 14.4. The molecule has 0 amide bonds. The minimum atomic E-state index is 0.549. The molecule has 4 nitrogen and oxygen atoms in total. The first-order valence-corrected chi connectivity index (χ1v) is 6.84. The van der Waals surface area contributed by atoms with Crippen molar-refractivity contribution in [3.63, 3.8) is 0 Å². The molecule has 0 saturated heterocycles. The molecule has 20 heavy (non-hydrogen) atoms. The van der Waals surface area contributed by atoms with Gasteiger partial charge in [-0.2, -0.15) is 0 Å². The van der Waals surface area contributed by atoms with Crippen molar-refractivity contribution < 1.29 is 13.9 Å². The summed E-state index contributed by atoms with van der Waals surface area (Å²) in [6.07, 6.45) is 1.66. The molecule has 1 aromatic carbocycles. The molecule has 0 aliphatic carbocycles. The van der Waals surface area contributed by atoms with Crippen LogP contribution in [0, 0.1) is 0 Å². The third-order valence-electron chi connectivity index (χ3n) is 2.78. The number of furan rings is 1. The highest BCUT2D eigenvalue weighted by Gasteiger charge is 2.11. The van der Waals surface area contributed by atoms with Crippen LogP contribution in [0.25, 0.3) is 0 Å². The van der Waals surface area contributed by atoms with E-state index in [1.807, 2.05) is 31.2 Å². The van der Waals surface area contributed by atoms with E-state index in [0.29, 0.717) is 36.2 Å². The highest BCUT2D eigenvalue weighted by molar-refractivity contribution is 6.32. The fourth-order valence-electron chi connectivity index (χ4n) is 1.93. The van der Waals surface area contributed by atoms with Crippen molar-refractivity contribution in [1.82, 2.24) is 5.32 Å². The van der Waals surface area contributed by atoms with E-state index in [0.717, 1.165) is 11.3 Å². The molecule has 0 atom stereocenters. The van der Waals surface area contributed by atoms with Gasteiger partial charge in [-0.3, -0.25) is 0 Å². The number of hydrogen-bond donors (Lipinski definition) is 1. The first-order valence-electron chi connectivity index (χ1n) is 6.47. The molecule has 0 aliphatic rings. The minimum absolute atomic E-state index is 0.549. The van der Waals surface area contributed by atoms with E-state index in [9.17, 15) is 0 Å². The Morgan fingerprint density at radius 3 is 2.80 bits per heavy atom. The number of methoxy groups -OCH3 is 1. The topological polar surface area (TPSA) is 43.6 Å². The Hall–Kier alpha value is -1.65. The van der Waals surface area contributed by atoms with Crippen LogP contribution in [-0.4, -0.2) is 13.7 Å². The summed E-state index contributed by atoms with van der Waals surface area (Å²) in [5, 5.41) is 3.84. The number of ether oxygens (including phenoxy) is 2. The lowest BCUT2D eigenvalue weighted by Crippen LogP contribution is -2.12. The maximum absolute atomic E-state index is 6.20. The molecular formula is C15H18ClNO3. The summed E-state index contributed by atoms with van der Waals surface area (Å²) < 4.78 is 16.1. The van der Waals surface area contributed by atoms with Crippen molar-refractivity contribution in [2.24, 2.45) is 0 Å². The molecule has 0 unspecified atom stereocenters. The van der Waals surface area contributed by atoms with E-state index in [1.54, 1.807) is 13.4 Å². The predicted molar refractivity (Wildman–Crippen MR) is 78.4 cm³/mol. The molecule has 0 radical (unpaired) electrons. The van der Waals surface area contributed by atoms with Crippen molar-refractivity contribution in [2.45, 2.75) is 20.0 Å². The van der Waals surface area contributed by atoms with E-state index in [1.165, 1.54) is 0 Å². The van der Waals surface area contributed by atoms with Crippen LogP contribution in [0.15, 0.2) is 34.9 Å². The van der Waals surface area contributed by atoms with Crippen LogP contribution < -0.4 is 14.8 Å². The lowest BCUT2D eigenvalue weighted by Gasteiger charge is -2.13. The van der Waals surface area contributed by atoms with Crippen LogP contribution in [0.2, 0.25) is 5.02 Å². The van der Waals surface area contributed by atoms with Gasteiger partial charge < -0.3 is 19.2 Å². The van der Waals surface area contributed by atoms with Gasteiger partial charge in [-0.05, 0) is 36.8 Å². The Bertz CT molecular complexity index is 540.